The van der Waals surface area contributed by atoms with Gasteiger partial charge in [0.2, 0.25) is 0 Å². The molecule has 0 aliphatic rings. The zero-order valence-electron chi connectivity index (χ0n) is 10.3. The largest absolute Gasteiger partial charge is 0.497 e. The average molecular weight is 256 g/mol. The van der Waals surface area contributed by atoms with Crippen LogP contribution >= 0.6 is 0 Å². The molecule has 0 radical (unpaired) electrons. The molecule has 0 saturated carbocycles. The Morgan fingerprint density at radius 3 is 2.53 bits per heavy atom. The Labute approximate surface area is 109 Å². The lowest BCUT2D eigenvalue weighted by Gasteiger charge is -1.97. The maximum Gasteiger partial charge on any atom is 0.307 e. The molecule has 0 aliphatic heterocycles. The summed E-state index contributed by atoms with van der Waals surface area (Å²) in [6, 6.07) is 11.1. The fraction of sp³-hybridized carbons (Fsp3) is 0.133. The van der Waals surface area contributed by atoms with E-state index in [2.05, 4.69) is 0 Å². The van der Waals surface area contributed by atoms with Gasteiger partial charge in [-0.15, -0.1) is 0 Å². The predicted molar refractivity (Wildman–Crippen MR) is 71.6 cm³/mol. The number of hydrogen-bond acceptors (Lipinski definition) is 3. The number of benzene rings is 2. The molecule has 0 saturated heterocycles. The van der Waals surface area contributed by atoms with Crippen molar-refractivity contribution in [3.8, 4) is 5.75 Å². The second-order valence-corrected chi connectivity index (χ2v) is 4.37. The Morgan fingerprint density at radius 2 is 1.84 bits per heavy atom. The number of carboxylic acids is 1. The number of ether oxygens (including phenoxy) is 1. The fourth-order valence-corrected chi connectivity index (χ4v) is 2.21. The topological polar surface area (TPSA) is 59.7 Å². The van der Waals surface area contributed by atoms with E-state index in [1.54, 1.807) is 13.2 Å². The Hall–Kier alpha value is -2.49. The predicted octanol–water partition coefficient (Wildman–Crippen LogP) is 3.22. The van der Waals surface area contributed by atoms with E-state index >= 15 is 0 Å². The average Bonchev–Trinajstić information content (AvgIpc) is 2.74. The van der Waals surface area contributed by atoms with Gasteiger partial charge >= 0.3 is 5.97 Å². The second kappa shape index (κ2) is 4.31. The van der Waals surface area contributed by atoms with Crippen LogP contribution in [0.3, 0.4) is 0 Å². The molecule has 0 bridgehead atoms. The molecule has 1 N–H and O–H groups in total. The summed E-state index contributed by atoms with van der Waals surface area (Å²) < 4.78 is 10.9. The monoisotopic (exact) mass is 256 g/mol. The number of carbonyl (C=O) groups is 1. The van der Waals surface area contributed by atoms with Crippen LogP contribution in [0.2, 0.25) is 0 Å². The van der Waals surface area contributed by atoms with Crippen molar-refractivity contribution < 1.29 is 19.1 Å². The third-order valence-electron chi connectivity index (χ3n) is 3.10. The molecule has 19 heavy (non-hydrogen) atoms. The third-order valence-corrected chi connectivity index (χ3v) is 3.10. The molecule has 2 aromatic carbocycles. The van der Waals surface area contributed by atoms with E-state index in [4.69, 9.17) is 14.3 Å². The molecule has 0 fully saturated rings. The van der Waals surface area contributed by atoms with Crippen LogP contribution in [0.1, 0.15) is 5.56 Å². The number of hydrogen-bond donors (Lipinski definition) is 1. The number of fused-ring (bicyclic) bond motifs is 3. The van der Waals surface area contributed by atoms with E-state index in [0.29, 0.717) is 5.58 Å². The van der Waals surface area contributed by atoms with Gasteiger partial charge in [-0.2, -0.15) is 0 Å². The highest BCUT2D eigenvalue weighted by molar-refractivity contribution is 6.05. The first-order valence-corrected chi connectivity index (χ1v) is 5.88. The summed E-state index contributed by atoms with van der Waals surface area (Å²) in [5, 5.41) is 10.8. The number of rotatable bonds is 3. The molecule has 96 valence electrons. The number of furan rings is 1. The van der Waals surface area contributed by atoms with Crippen molar-refractivity contribution in [1.29, 1.82) is 0 Å². The van der Waals surface area contributed by atoms with Crippen LogP contribution in [0.5, 0.6) is 5.75 Å². The fourth-order valence-electron chi connectivity index (χ4n) is 2.21. The lowest BCUT2D eigenvalue weighted by molar-refractivity contribution is -0.136. The highest BCUT2D eigenvalue weighted by atomic mass is 16.5. The molecule has 0 amide bonds. The molecule has 3 aromatic rings. The van der Waals surface area contributed by atoms with Gasteiger partial charge in [0.15, 0.2) is 0 Å². The first-order valence-electron chi connectivity index (χ1n) is 5.88. The summed E-state index contributed by atoms with van der Waals surface area (Å²) in [5.41, 5.74) is 2.16. The van der Waals surface area contributed by atoms with Crippen LogP contribution in [0.15, 0.2) is 40.8 Å². The molecule has 4 heteroatoms. The Morgan fingerprint density at radius 1 is 1.16 bits per heavy atom. The molecule has 1 heterocycles. The molecule has 3 rings (SSSR count). The summed E-state index contributed by atoms with van der Waals surface area (Å²) in [4.78, 5) is 10.7. The Balaban J connectivity index is 2.18. The summed E-state index contributed by atoms with van der Waals surface area (Å²) in [5.74, 6) is -0.116. The Kier molecular flexibility index (Phi) is 2.63. The first-order chi connectivity index (χ1) is 9.17. The van der Waals surface area contributed by atoms with Gasteiger partial charge in [-0.3, -0.25) is 4.79 Å². The maximum atomic E-state index is 10.7. The van der Waals surface area contributed by atoms with Gasteiger partial charge < -0.3 is 14.3 Å². The third kappa shape index (κ3) is 2.01. The van der Waals surface area contributed by atoms with Crippen molar-refractivity contribution in [2.24, 2.45) is 0 Å². The van der Waals surface area contributed by atoms with Crippen LogP contribution in [0, 0.1) is 0 Å². The second-order valence-electron chi connectivity index (χ2n) is 4.37. The van der Waals surface area contributed by atoms with Crippen LogP contribution < -0.4 is 4.74 Å². The van der Waals surface area contributed by atoms with Gasteiger partial charge in [0, 0.05) is 16.8 Å². The molecule has 4 nitrogen and oxygen atoms in total. The minimum Gasteiger partial charge on any atom is -0.497 e. The van der Waals surface area contributed by atoms with E-state index in [1.165, 1.54) is 0 Å². The molecule has 0 unspecified atom stereocenters. The van der Waals surface area contributed by atoms with Gasteiger partial charge in [-0.25, -0.2) is 0 Å². The van der Waals surface area contributed by atoms with Crippen molar-refractivity contribution in [2.75, 3.05) is 7.11 Å². The molecular weight excluding hydrogens is 244 g/mol. The summed E-state index contributed by atoms with van der Waals surface area (Å²) in [6.07, 6.45) is -0.00366. The highest BCUT2D eigenvalue weighted by Crippen LogP contribution is 2.31. The lowest BCUT2D eigenvalue weighted by Crippen LogP contribution is -1.99. The van der Waals surface area contributed by atoms with E-state index in [9.17, 15) is 4.79 Å². The van der Waals surface area contributed by atoms with Gasteiger partial charge in [0.25, 0.3) is 0 Å². The standard InChI is InChI=1S/C15H12O4/c1-18-10-3-5-12-11-4-2-9(7-15(16)17)6-13(11)19-14(12)8-10/h2-6,8H,7H2,1H3,(H,16,17). The first kappa shape index (κ1) is 11.6. The normalized spacial score (nSPS) is 11.0. The Bertz CT molecular complexity index is 770. The quantitative estimate of drug-likeness (QED) is 0.781. The molecule has 1 aromatic heterocycles. The van der Waals surface area contributed by atoms with E-state index < -0.39 is 5.97 Å². The number of aliphatic carboxylic acids is 1. The molecule has 0 spiro atoms. The van der Waals surface area contributed by atoms with Crippen LogP contribution in [-0.4, -0.2) is 18.2 Å². The molecule has 0 aliphatic carbocycles. The maximum absolute atomic E-state index is 10.7. The zero-order chi connectivity index (χ0) is 13.4. The molecule has 0 atom stereocenters. The minimum atomic E-state index is -0.850. The SMILES string of the molecule is COc1ccc2c(c1)oc1cc(CC(=O)O)ccc12. The van der Waals surface area contributed by atoms with Crippen molar-refractivity contribution >= 4 is 27.9 Å². The van der Waals surface area contributed by atoms with Crippen molar-refractivity contribution in [2.45, 2.75) is 6.42 Å². The lowest BCUT2D eigenvalue weighted by atomic mass is 10.1. The summed E-state index contributed by atoms with van der Waals surface area (Å²) in [6.45, 7) is 0. The molecular formula is C15H12O4. The smallest absolute Gasteiger partial charge is 0.307 e. The summed E-state index contributed by atoms with van der Waals surface area (Å²) >= 11 is 0. The van der Waals surface area contributed by atoms with Crippen LogP contribution in [0.25, 0.3) is 21.9 Å². The van der Waals surface area contributed by atoms with Gasteiger partial charge in [-0.05, 0) is 23.8 Å². The van der Waals surface area contributed by atoms with Gasteiger partial charge in [0.1, 0.15) is 16.9 Å². The zero-order valence-corrected chi connectivity index (χ0v) is 10.3. The minimum absolute atomic E-state index is 0.00366. The summed E-state index contributed by atoms with van der Waals surface area (Å²) in [7, 11) is 1.61. The van der Waals surface area contributed by atoms with Crippen LogP contribution in [0.4, 0.5) is 0 Å². The number of carboxylic acid groups (broad SMARTS) is 1. The van der Waals surface area contributed by atoms with Crippen molar-refractivity contribution in [3.63, 3.8) is 0 Å². The van der Waals surface area contributed by atoms with E-state index in [1.807, 2.05) is 30.3 Å². The van der Waals surface area contributed by atoms with E-state index in [0.717, 1.165) is 27.7 Å². The highest BCUT2D eigenvalue weighted by Gasteiger charge is 2.09. The number of methoxy groups -OCH3 is 1. The van der Waals surface area contributed by atoms with Gasteiger partial charge in [0.05, 0.1) is 13.5 Å². The van der Waals surface area contributed by atoms with Crippen LogP contribution in [-0.2, 0) is 11.2 Å². The van der Waals surface area contributed by atoms with Gasteiger partial charge in [-0.1, -0.05) is 12.1 Å². The van der Waals surface area contributed by atoms with E-state index in [-0.39, 0.29) is 6.42 Å². The van der Waals surface area contributed by atoms with Crippen molar-refractivity contribution in [1.82, 2.24) is 0 Å². The van der Waals surface area contributed by atoms with Crippen molar-refractivity contribution in [3.05, 3.63) is 42.0 Å².